The highest BCUT2D eigenvalue weighted by Crippen LogP contribution is 2.32. The van der Waals surface area contributed by atoms with Crippen molar-refractivity contribution in [1.82, 2.24) is 20.2 Å². The number of benzene rings is 2. The zero-order chi connectivity index (χ0) is 20.0. The van der Waals surface area contributed by atoms with E-state index in [1.165, 1.54) is 0 Å². The number of nitrogens with zero attached hydrogens (tertiary/aromatic N) is 3. The smallest absolute Gasteiger partial charge is 0.228 e. The van der Waals surface area contributed by atoms with Gasteiger partial charge in [0.25, 0.3) is 0 Å². The molecule has 29 heavy (non-hydrogen) atoms. The molecule has 0 unspecified atom stereocenters. The zero-order valence-corrected chi connectivity index (χ0v) is 17.3. The Morgan fingerprint density at radius 1 is 1.03 bits per heavy atom. The second kappa shape index (κ2) is 7.52. The minimum atomic E-state index is 0.158. The maximum Gasteiger partial charge on any atom is 0.228 e. The van der Waals surface area contributed by atoms with Crippen LogP contribution in [0.1, 0.15) is 0 Å². The lowest BCUT2D eigenvalue weighted by molar-refractivity contribution is -0.137. The van der Waals surface area contributed by atoms with E-state index in [2.05, 4.69) is 26.3 Å². The normalized spacial score (nSPS) is 17.6. The SMILES string of the molecule is O=C(C1CNC1)N1CCN(c2ccc(Cl)c(-c3nc4cc(Cl)ccc4[nH]3)c2)CC1. The fourth-order valence-electron chi connectivity index (χ4n) is 3.90. The average Bonchev–Trinajstić information content (AvgIpc) is 3.10. The van der Waals surface area contributed by atoms with Crippen LogP contribution in [0.3, 0.4) is 0 Å². The summed E-state index contributed by atoms with van der Waals surface area (Å²) in [6, 6.07) is 11.6. The molecule has 2 saturated heterocycles. The molecule has 2 aromatic carbocycles. The standard InChI is InChI=1S/C21H21Cl2N5O/c22-14-1-4-18-19(9-14)26-20(25-18)16-10-15(2-3-17(16)23)27-5-7-28(8-6-27)21(29)13-11-24-12-13/h1-4,9-10,13,24H,5-8,11-12H2,(H,25,26). The molecule has 1 amide bonds. The predicted molar refractivity (Wildman–Crippen MR) is 117 cm³/mol. The summed E-state index contributed by atoms with van der Waals surface area (Å²) in [7, 11) is 0. The van der Waals surface area contributed by atoms with Crippen LogP contribution >= 0.6 is 23.2 Å². The van der Waals surface area contributed by atoms with Gasteiger partial charge in [-0.15, -0.1) is 0 Å². The number of fused-ring (bicyclic) bond motifs is 1. The number of imidazole rings is 1. The monoisotopic (exact) mass is 429 g/mol. The zero-order valence-electron chi connectivity index (χ0n) is 15.8. The number of H-pyrrole nitrogens is 1. The maximum absolute atomic E-state index is 12.4. The lowest BCUT2D eigenvalue weighted by Crippen LogP contribution is -2.56. The van der Waals surface area contributed by atoms with Gasteiger partial charge in [0.2, 0.25) is 5.91 Å². The summed E-state index contributed by atoms with van der Waals surface area (Å²) < 4.78 is 0. The molecule has 150 valence electrons. The number of nitrogens with one attached hydrogen (secondary N) is 2. The number of hydrogen-bond donors (Lipinski definition) is 2. The molecule has 0 aliphatic carbocycles. The molecule has 5 rings (SSSR count). The summed E-state index contributed by atoms with van der Waals surface area (Å²) in [6.07, 6.45) is 0. The van der Waals surface area contributed by atoms with Crippen LogP contribution in [0.15, 0.2) is 36.4 Å². The third-order valence-corrected chi connectivity index (χ3v) is 6.30. The number of anilines is 1. The van der Waals surface area contributed by atoms with Crippen LogP contribution in [-0.2, 0) is 4.79 Å². The minimum Gasteiger partial charge on any atom is -0.368 e. The number of aromatic nitrogens is 2. The van der Waals surface area contributed by atoms with Crippen molar-refractivity contribution in [2.24, 2.45) is 5.92 Å². The number of carbonyl (C=O) groups excluding carboxylic acids is 1. The Hall–Kier alpha value is -2.28. The summed E-state index contributed by atoms with van der Waals surface area (Å²) >= 11 is 12.6. The fraction of sp³-hybridized carbons (Fsp3) is 0.333. The predicted octanol–water partition coefficient (Wildman–Crippen LogP) is 3.40. The van der Waals surface area contributed by atoms with Crippen LogP contribution in [0.2, 0.25) is 10.0 Å². The molecular weight excluding hydrogens is 409 g/mol. The van der Waals surface area contributed by atoms with E-state index in [1.54, 1.807) is 0 Å². The Bertz CT molecular complexity index is 1070. The van der Waals surface area contributed by atoms with Gasteiger partial charge in [-0.1, -0.05) is 23.2 Å². The molecule has 0 radical (unpaired) electrons. The molecule has 2 fully saturated rings. The number of hydrogen-bond acceptors (Lipinski definition) is 4. The molecule has 6 nitrogen and oxygen atoms in total. The summed E-state index contributed by atoms with van der Waals surface area (Å²) in [4.78, 5) is 24.7. The van der Waals surface area contributed by atoms with Crippen LogP contribution < -0.4 is 10.2 Å². The molecule has 2 aliphatic rings. The topological polar surface area (TPSA) is 64.3 Å². The van der Waals surface area contributed by atoms with Crippen molar-refractivity contribution in [2.75, 3.05) is 44.2 Å². The second-order valence-corrected chi connectivity index (χ2v) is 8.42. The van der Waals surface area contributed by atoms with Gasteiger partial charge in [0, 0.05) is 55.5 Å². The Kier molecular flexibility index (Phi) is 4.86. The van der Waals surface area contributed by atoms with Crippen molar-refractivity contribution in [2.45, 2.75) is 0 Å². The van der Waals surface area contributed by atoms with E-state index in [0.29, 0.717) is 10.0 Å². The van der Waals surface area contributed by atoms with Crippen molar-refractivity contribution in [3.8, 4) is 11.4 Å². The summed E-state index contributed by atoms with van der Waals surface area (Å²) in [5.41, 5.74) is 3.67. The number of aromatic amines is 1. The first-order valence-corrected chi connectivity index (χ1v) is 10.5. The molecule has 2 N–H and O–H groups in total. The molecule has 8 heteroatoms. The Labute approximate surface area is 178 Å². The van der Waals surface area contributed by atoms with E-state index < -0.39 is 0 Å². The van der Waals surface area contributed by atoms with Crippen LogP contribution in [0.4, 0.5) is 5.69 Å². The van der Waals surface area contributed by atoms with Gasteiger partial charge in [-0.25, -0.2) is 4.98 Å². The highest BCUT2D eigenvalue weighted by Gasteiger charge is 2.31. The summed E-state index contributed by atoms with van der Waals surface area (Å²) in [6.45, 7) is 4.73. The molecular formula is C21H21Cl2N5O. The van der Waals surface area contributed by atoms with Gasteiger partial charge in [0.15, 0.2) is 0 Å². The number of rotatable bonds is 3. The molecule has 0 bridgehead atoms. The number of piperazine rings is 1. The minimum absolute atomic E-state index is 0.158. The Morgan fingerprint density at radius 2 is 1.83 bits per heavy atom. The summed E-state index contributed by atoms with van der Waals surface area (Å²) in [5, 5.41) is 4.47. The van der Waals surface area contributed by atoms with Crippen molar-refractivity contribution < 1.29 is 4.79 Å². The molecule has 0 spiro atoms. The second-order valence-electron chi connectivity index (χ2n) is 7.58. The Morgan fingerprint density at radius 3 is 2.55 bits per heavy atom. The molecule has 1 aromatic heterocycles. The third kappa shape index (κ3) is 3.56. The quantitative estimate of drug-likeness (QED) is 0.669. The van der Waals surface area contributed by atoms with E-state index in [9.17, 15) is 4.79 Å². The van der Waals surface area contributed by atoms with Gasteiger partial charge in [-0.05, 0) is 36.4 Å². The van der Waals surface area contributed by atoms with Crippen molar-refractivity contribution in [3.05, 3.63) is 46.4 Å². The molecule has 3 heterocycles. The fourth-order valence-corrected chi connectivity index (χ4v) is 4.28. The van der Waals surface area contributed by atoms with Gasteiger partial charge in [-0.2, -0.15) is 0 Å². The first-order chi connectivity index (χ1) is 14.1. The van der Waals surface area contributed by atoms with E-state index in [1.807, 2.05) is 35.2 Å². The van der Waals surface area contributed by atoms with E-state index >= 15 is 0 Å². The lowest BCUT2D eigenvalue weighted by atomic mass is 10.0. The Balaban J connectivity index is 1.36. The molecule has 3 aromatic rings. The third-order valence-electron chi connectivity index (χ3n) is 5.74. The van der Waals surface area contributed by atoms with Crippen LogP contribution in [-0.4, -0.2) is 60.0 Å². The highest BCUT2D eigenvalue weighted by molar-refractivity contribution is 6.33. The summed E-state index contributed by atoms with van der Waals surface area (Å²) in [5.74, 6) is 1.16. The van der Waals surface area contributed by atoms with Crippen LogP contribution in [0.5, 0.6) is 0 Å². The molecule has 2 aliphatic heterocycles. The average molecular weight is 430 g/mol. The number of amides is 1. The van der Waals surface area contributed by atoms with E-state index in [4.69, 9.17) is 23.2 Å². The van der Waals surface area contributed by atoms with Gasteiger partial charge in [0.1, 0.15) is 5.82 Å². The largest absolute Gasteiger partial charge is 0.368 e. The van der Waals surface area contributed by atoms with Crippen molar-refractivity contribution in [1.29, 1.82) is 0 Å². The molecule has 0 atom stereocenters. The van der Waals surface area contributed by atoms with Gasteiger partial charge >= 0.3 is 0 Å². The molecule has 0 saturated carbocycles. The van der Waals surface area contributed by atoms with Crippen LogP contribution in [0.25, 0.3) is 22.4 Å². The first-order valence-electron chi connectivity index (χ1n) is 9.78. The van der Waals surface area contributed by atoms with Crippen molar-refractivity contribution in [3.63, 3.8) is 0 Å². The van der Waals surface area contributed by atoms with Gasteiger partial charge in [0.05, 0.1) is 22.0 Å². The lowest BCUT2D eigenvalue weighted by Gasteiger charge is -2.39. The van der Waals surface area contributed by atoms with E-state index in [0.717, 1.165) is 67.4 Å². The number of halogens is 2. The van der Waals surface area contributed by atoms with Crippen molar-refractivity contribution >= 4 is 45.8 Å². The van der Waals surface area contributed by atoms with E-state index in [-0.39, 0.29) is 11.8 Å². The highest BCUT2D eigenvalue weighted by atomic mass is 35.5. The van der Waals surface area contributed by atoms with Crippen LogP contribution in [0, 0.1) is 5.92 Å². The van der Waals surface area contributed by atoms with Gasteiger partial charge < -0.3 is 20.1 Å². The van der Waals surface area contributed by atoms with Gasteiger partial charge in [-0.3, -0.25) is 4.79 Å². The number of carbonyl (C=O) groups is 1. The first kappa shape index (κ1) is 18.7. The maximum atomic E-state index is 12.4.